The van der Waals surface area contributed by atoms with E-state index in [1.807, 2.05) is 7.05 Å². The molecule has 2 N–H and O–H groups in total. The number of nitrogens with one attached hydrogen (secondary N) is 2. The summed E-state index contributed by atoms with van der Waals surface area (Å²) >= 11 is 1.65. The van der Waals surface area contributed by atoms with E-state index >= 15 is 0 Å². The molecular formula is C15H24N4S. The molecule has 0 aliphatic carbocycles. The van der Waals surface area contributed by atoms with Gasteiger partial charge in [-0.05, 0) is 30.7 Å². The van der Waals surface area contributed by atoms with Crippen molar-refractivity contribution in [2.75, 3.05) is 17.7 Å². The molecule has 0 aliphatic rings. The maximum atomic E-state index is 4.55. The van der Waals surface area contributed by atoms with Gasteiger partial charge in [0.1, 0.15) is 10.6 Å². The molecule has 2 heterocycles. The Balaban J connectivity index is 2.06. The van der Waals surface area contributed by atoms with Crippen LogP contribution in [0.15, 0.2) is 11.4 Å². The molecule has 1 atom stereocenters. The first-order valence-electron chi connectivity index (χ1n) is 7.29. The normalized spacial score (nSPS) is 12.8. The number of rotatable bonds is 7. The van der Waals surface area contributed by atoms with Crippen molar-refractivity contribution < 1.29 is 0 Å². The molecule has 0 amide bonds. The van der Waals surface area contributed by atoms with Crippen LogP contribution in [0, 0.1) is 5.92 Å². The van der Waals surface area contributed by atoms with Crippen LogP contribution in [0.3, 0.4) is 0 Å². The minimum Gasteiger partial charge on any atom is -0.367 e. The molecule has 0 saturated heterocycles. The van der Waals surface area contributed by atoms with Crippen LogP contribution in [0.4, 0.5) is 11.8 Å². The van der Waals surface area contributed by atoms with Crippen molar-refractivity contribution in [3.8, 4) is 0 Å². The predicted molar refractivity (Wildman–Crippen MR) is 88.7 cm³/mol. The first-order chi connectivity index (χ1) is 9.60. The Bertz CT molecular complexity index is 550. The van der Waals surface area contributed by atoms with Crippen molar-refractivity contribution in [1.82, 2.24) is 9.97 Å². The van der Waals surface area contributed by atoms with Crippen LogP contribution in [-0.2, 0) is 0 Å². The lowest BCUT2D eigenvalue weighted by Crippen LogP contribution is -2.17. The molecule has 2 aromatic rings. The molecule has 0 aliphatic heterocycles. The summed E-state index contributed by atoms with van der Waals surface area (Å²) in [4.78, 5) is 10.0. The lowest BCUT2D eigenvalue weighted by Gasteiger charge is -2.16. The van der Waals surface area contributed by atoms with Gasteiger partial charge in [0.2, 0.25) is 5.95 Å². The Labute approximate surface area is 125 Å². The van der Waals surface area contributed by atoms with Crippen molar-refractivity contribution in [2.24, 2.45) is 5.92 Å². The van der Waals surface area contributed by atoms with Gasteiger partial charge in [0, 0.05) is 13.1 Å². The van der Waals surface area contributed by atoms with E-state index in [0.29, 0.717) is 12.0 Å². The average Bonchev–Trinajstić information content (AvgIpc) is 2.86. The standard InChI is InChI=1S/C15H24N4S/c1-10(2)6-5-7-11(3)17-13-12-8-9-20-14(12)19-15(16-4)18-13/h8-11H,5-7H2,1-4H3,(H2,16,17,18,19). The van der Waals surface area contributed by atoms with E-state index < -0.39 is 0 Å². The van der Waals surface area contributed by atoms with Gasteiger partial charge in [-0.15, -0.1) is 11.3 Å². The van der Waals surface area contributed by atoms with Crippen LogP contribution in [0.25, 0.3) is 10.2 Å². The van der Waals surface area contributed by atoms with E-state index in [4.69, 9.17) is 0 Å². The molecule has 2 rings (SSSR count). The zero-order valence-electron chi connectivity index (χ0n) is 12.7. The number of thiophene rings is 1. The van der Waals surface area contributed by atoms with E-state index in [-0.39, 0.29) is 0 Å². The van der Waals surface area contributed by atoms with Crippen molar-refractivity contribution >= 4 is 33.3 Å². The van der Waals surface area contributed by atoms with Crippen molar-refractivity contribution in [1.29, 1.82) is 0 Å². The molecule has 5 heteroatoms. The summed E-state index contributed by atoms with van der Waals surface area (Å²) in [5.74, 6) is 2.40. The summed E-state index contributed by atoms with van der Waals surface area (Å²) in [7, 11) is 1.85. The molecule has 110 valence electrons. The Morgan fingerprint density at radius 2 is 2.00 bits per heavy atom. The SMILES string of the molecule is CNc1nc(NC(C)CCCC(C)C)c2ccsc2n1. The number of aromatic nitrogens is 2. The zero-order valence-corrected chi connectivity index (χ0v) is 13.5. The van der Waals surface area contributed by atoms with Crippen LogP contribution in [0.2, 0.25) is 0 Å². The van der Waals surface area contributed by atoms with Crippen LogP contribution in [0.1, 0.15) is 40.0 Å². The summed E-state index contributed by atoms with van der Waals surface area (Å²) in [5.41, 5.74) is 0. The fourth-order valence-corrected chi connectivity index (χ4v) is 2.98. The van der Waals surface area contributed by atoms with E-state index in [1.165, 1.54) is 19.3 Å². The highest BCUT2D eigenvalue weighted by Crippen LogP contribution is 2.27. The van der Waals surface area contributed by atoms with Gasteiger partial charge in [0.25, 0.3) is 0 Å². The van der Waals surface area contributed by atoms with Gasteiger partial charge in [-0.25, -0.2) is 4.98 Å². The average molecular weight is 292 g/mol. The molecule has 0 radical (unpaired) electrons. The minimum absolute atomic E-state index is 0.427. The van der Waals surface area contributed by atoms with Crippen LogP contribution < -0.4 is 10.6 Å². The predicted octanol–water partition coefficient (Wildman–Crippen LogP) is 4.36. The molecule has 0 aromatic carbocycles. The van der Waals surface area contributed by atoms with E-state index in [9.17, 15) is 0 Å². The highest BCUT2D eigenvalue weighted by Gasteiger charge is 2.11. The number of fused-ring (bicyclic) bond motifs is 1. The van der Waals surface area contributed by atoms with Gasteiger partial charge in [0.15, 0.2) is 0 Å². The smallest absolute Gasteiger partial charge is 0.225 e. The van der Waals surface area contributed by atoms with Gasteiger partial charge >= 0.3 is 0 Å². The van der Waals surface area contributed by atoms with Gasteiger partial charge in [0.05, 0.1) is 5.39 Å². The molecule has 4 nitrogen and oxygen atoms in total. The monoisotopic (exact) mass is 292 g/mol. The van der Waals surface area contributed by atoms with E-state index in [2.05, 4.69) is 52.8 Å². The molecule has 0 spiro atoms. The van der Waals surface area contributed by atoms with Gasteiger partial charge in [-0.3, -0.25) is 0 Å². The first kappa shape index (κ1) is 15.0. The maximum absolute atomic E-state index is 4.55. The Hall–Kier alpha value is -1.36. The summed E-state index contributed by atoms with van der Waals surface area (Å²) in [5, 5.41) is 9.74. The van der Waals surface area contributed by atoms with Gasteiger partial charge in [-0.2, -0.15) is 4.98 Å². The maximum Gasteiger partial charge on any atom is 0.225 e. The van der Waals surface area contributed by atoms with Crippen molar-refractivity contribution in [3.05, 3.63) is 11.4 Å². The molecular weight excluding hydrogens is 268 g/mol. The van der Waals surface area contributed by atoms with Gasteiger partial charge < -0.3 is 10.6 Å². The molecule has 0 saturated carbocycles. The van der Waals surface area contributed by atoms with Crippen LogP contribution >= 0.6 is 11.3 Å². The Kier molecular flexibility index (Phi) is 5.17. The van der Waals surface area contributed by atoms with Crippen molar-refractivity contribution in [2.45, 2.75) is 46.1 Å². The second-order valence-electron chi connectivity index (χ2n) is 5.66. The molecule has 2 aromatic heterocycles. The number of nitrogens with zero attached hydrogens (tertiary/aromatic N) is 2. The van der Waals surface area contributed by atoms with Crippen LogP contribution in [-0.4, -0.2) is 23.1 Å². The lowest BCUT2D eigenvalue weighted by molar-refractivity contribution is 0.520. The summed E-state index contributed by atoms with van der Waals surface area (Å²) in [6.07, 6.45) is 3.71. The number of hydrogen-bond acceptors (Lipinski definition) is 5. The first-order valence-corrected chi connectivity index (χ1v) is 8.17. The molecule has 0 bridgehead atoms. The fourth-order valence-electron chi connectivity index (χ4n) is 2.22. The van der Waals surface area contributed by atoms with Gasteiger partial charge in [-0.1, -0.05) is 26.7 Å². The topological polar surface area (TPSA) is 49.8 Å². The summed E-state index contributed by atoms with van der Waals surface area (Å²) in [6.45, 7) is 6.77. The number of anilines is 2. The van der Waals surface area contributed by atoms with Crippen LogP contribution in [0.5, 0.6) is 0 Å². The molecule has 1 unspecified atom stereocenters. The summed E-state index contributed by atoms with van der Waals surface area (Å²) < 4.78 is 0. The fraction of sp³-hybridized carbons (Fsp3) is 0.600. The third-order valence-corrected chi connectivity index (χ3v) is 4.16. The lowest BCUT2D eigenvalue weighted by atomic mass is 10.0. The second-order valence-corrected chi connectivity index (χ2v) is 6.55. The van der Waals surface area contributed by atoms with Crippen molar-refractivity contribution in [3.63, 3.8) is 0 Å². The molecule has 0 fully saturated rings. The van der Waals surface area contributed by atoms with E-state index in [0.717, 1.165) is 22.0 Å². The summed E-state index contributed by atoms with van der Waals surface area (Å²) in [6, 6.07) is 2.51. The van der Waals surface area contributed by atoms with E-state index in [1.54, 1.807) is 11.3 Å². The Morgan fingerprint density at radius 3 is 2.70 bits per heavy atom. The zero-order chi connectivity index (χ0) is 14.5. The Morgan fingerprint density at radius 1 is 1.20 bits per heavy atom. The second kappa shape index (κ2) is 6.88. The third kappa shape index (κ3) is 3.82. The largest absolute Gasteiger partial charge is 0.367 e. The highest BCUT2D eigenvalue weighted by molar-refractivity contribution is 7.16. The third-order valence-electron chi connectivity index (χ3n) is 3.35. The number of hydrogen-bond donors (Lipinski definition) is 2. The minimum atomic E-state index is 0.427. The quantitative estimate of drug-likeness (QED) is 0.796. The highest BCUT2D eigenvalue weighted by atomic mass is 32.1. The molecule has 20 heavy (non-hydrogen) atoms.